The van der Waals surface area contributed by atoms with Crippen LogP contribution in [-0.2, 0) is 9.59 Å². The van der Waals surface area contributed by atoms with E-state index in [9.17, 15) is 9.59 Å². The zero-order chi connectivity index (χ0) is 12.8. The van der Waals surface area contributed by atoms with Crippen LogP contribution in [0.5, 0.6) is 0 Å². The molecular formula is C13H23NO3. The van der Waals surface area contributed by atoms with E-state index in [1.165, 1.54) is 0 Å². The second-order valence-corrected chi connectivity index (χ2v) is 4.86. The van der Waals surface area contributed by atoms with Gasteiger partial charge < -0.3 is 10.0 Å². The lowest BCUT2D eigenvalue weighted by molar-refractivity contribution is -0.141. The van der Waals surface area contributed by atoms with Crippen LogP contribution in [0.25, 0.3) is 0 Å². The van der Waals surface area contributed by atoms with Gasteiger partial charge in [0, 0.05) is 19.0 Å². The van der Waals surface area contributed by atoms with Crippen molar-refractivity contribution >= 4 is 11.9 Å². The van der Waals surface area contributed by atoms with Crippen molar-refractivity contribution in [3.05, 3.63) is 0 Å². The van der Waals surface area contributed by atoms with Crippen LogP contribution in [0.2, 0.25) is 0 Å². The van der Waals surface area contributed by atoms with Crippen LogP contribution in [0, 0.1) is 11.8 Å². The van der Waals surface area contributed by atoms with Crippen LogP contribution < -0.4 is 0 Å². The Hall–Kier alpha value is -1.06. The number of likely N-dealkylation sites (tertiary alicyclic amines) is 1. The summed E-state index contributed by atoms with van der Waals surface area (Å²) in [4.78, 5) is 24.8. The molecule has 0 aromatic rings. The summed E-state index contributed by atoms with van der Waals surface area (Å²) in [6.45, 7) is 5.16. The summed E-state index contributed by atoms with van der Waals surface area (Å²) in [5.74, 6) is -0.892. The fourth-order valence-corrected chi connectivity index (χ4v) is 2.37. The summed E-state index contributed by atoms with van der Waals surface area (Å²) in [7, 11) is 0. The van der Waals surface area contributed by atoms with Crippen LogP contribution in [0.3, 0.4) is 0 Å². The minimum absolute atomic E-state index is 0.0856. The maximum absolute atomic E-state index is 12.2. The van der Waals surface area contributed by atoms with E-state index in [1.54, 1.807) is 4.90 Å². The van der Waals surface area contributed by atoms with Crippen LogP contribution in [-0.4, -0.2) is 35.0 Å². The predicted octanol–water partition coefficient (Wildman–Crippen LogP) is 2.14. The lowest BCUT2D eigenvalue weighted by Gasteiger charge is -2.22. The number of carboxylic acid groups (broad SMARTS) is 1. The first-order valence-electron chi connectivity index (χ1n) is 6.61. The highest BCUT2D eigenvalue weighted by Crippen LogP contribution is 2.22. The molecule has 4 heteroatoms. The summed E-state index contributed by atoms with van der Waals surface area (Å²) < 4.78 is 0. The van der Waals surface area contributed by atoms with E-state index in [-0.39, 0.29) is 17.7 Å². The molecular weight excluding hydrogens is 218 g/mol. The van der Waals surface area contributed by atoms with Crippen molar-refractivity contribution in [3.8, 4) is 0 Å². The van der Waals surface area contributed by atoms with Gasteiger partial charge in [-0.15, -0.1) is 0 Å². The minimum Gasteiger partial charge on any atom is -0.481 e. The average molecular weight is 241 g/mol. The Bertz CT molecular complexity index is 278. The van der Waals surface area contributed by atoms with Crippen molar-refractivity contribution in [2.45, 2.75) is 46.0 Å². The van der Waals surface area contributed by atoms with Gasteiger partial charge in [-0.1, -0.05) is 26.7 Å². The number of carbonyl (C=O) groups is 2. The molecule has 17 heavy (non-hydrogen) atoms. The van der Waals surface area contributed by atoms with Gasteiger partial charge in [0.2, 0.25) is 5.91 Å². The van der Waals surface area contributed by atoms with Gasteiger partial charge in [0.05, 0.1) is 5.92 Å². The summed E-state index contributed by atoms with van der Waals surface area (Å²) in [5.41, 5.74) is 0. The van der Waals surface area contributed by atoms with Gasteiger partial charge in [0.15, 0.2) is 0 Å². The summed E-state index contributed by atoms with van der Waals surface area (Å²) >= 11 is 0. The van der Waals surface area contributed by atoms with Crippen LogP contribution in [0.1, 0.15) is 46.0 Å². The molecule has 1 heterocycles. The number of nitrogens with zero attached hydrogens (tertiary/aromatic N) is 1. The van der Waals surface area contributed by atoms with E-state index in [1.807, 2.05) is 6.92 Å². The fourth-order valence-electron chi connectivity index (χ4n) is 2.37. The zero-order valence-electron chi connectivity index (χ0n) is 10.8. The normalized spacial score (nSPS) is 21.5. The third kappa shape index (κ3) is 3.72. The topological polar surface area (TPSA) is 57.6 Å². The van der Waals surface area contributed by atoms with E-state index >= 15 is 0 Å². The molecule has 1 rings (SSSR count). The number of rotatable bonds is 6. The molecule has 1 aliphatic rings. The van der Waals surface area contributed by atoms with Gasteiger partial charge in [-0.25, -0.2) is 0 Å². The van der Waals surface area contributed by atoms with E-state index in [4.69, 9.17) is 5.11 Å². The van der Waals surface area contributed by atoms with Gasteiger partial charge in [0.1, 0.15) is 0 Å². The third-order valence-electron chi connectivity index (χ3n) is 3.60. The number of carbonyl (C=O) groups excluding carboxylic acids is 1. The SMILES string of the molecule is CCCCC(CC)C(=O)N1CCC(C(=O)O)C1. The Kier molecular flexibility index (Phi) is 5.45. The molecule has 0 spiro atoms. The van der Waals surface area contributed by atoms with E-state index in [2.05, 4.69) is 6.92 Å². The molecule has 4 nitrogen and oxygen atoms in total. The van der Waals surface area contributed by atoms with Gasteiger partial charge in [-0.05, 0) is 19.3 Å². The lowest BCUT2D eigenvalue weighted by Crippen LogP contribution is -2.35. The lowest BCUT2D eigenvalue weighted by atomic mass is 9.98. The summed E-state index contributed by atoms with van der Waals surface area (Å²) in [5, 5.41) is 8.91. The van der Waals surface area contributed by atoms with Gasteiger partial charge in [0.25, 0.3) is 0 Å². The Labute approximate surface area is 103 Å². The Balaban J connectivity index is 2.49. The first kappa shape index (κ1) is 14.0. The number of carboxylic acids is 1. The molecule has 2 atom stereocenters. The predicted molar refractivity (Wildman–Crippen MR) is 65.6 cm³/mol. The van der Waals surface area contributed by atoms with Crippen molar-refractivity contribution in [3.63, 3.8) is 0 Å². The van der Waals surface area contributed by atoms with Crippen molar-refractivity contribution in [2.24, 2.45) is 11.8 Å². The standard InChI is InChI=1S/C13H23NO3/c1-3-5-6-10(4-2)12(15)14-8-7-11(9-14)13(16)17/h10-11H,3-9H2,1-2H3,(H,16,17). The summed E-state index contributed by atoms with van der Waals surface area (Å²) in [6, 6.07) is 0. The van der Waals surface area contributed by atoms with Crippen LogP contribution in [0.4, 0.5) is 0 Å². The average Bonchev–Trinajstić information content (AvgIpc) is 2.79. The van der Waals surface area contributed by atoms with E-state index < -0.39 is 5.97 Å². The number of amides is 1. The molecule has 1 fully saturated rings. The van der Waals surface area contributed by atoms with Crippen molar-refractivity contribution in [1.82, 2.24) is 4.90 Å². The molecule has 0 aliphatic carbocycles. The van der Waals surface area contributed by atoms with Gasteiger partial charge in [-0.3, -0.25) is 9.59 Å². The van der Waals surface area contributed by atoms with Gasteiger partial charge in [-0.2, -0.15) is 0 Å². The molecule has 1 amide bonds. The Morgan fingerprint density at radius 2 is 2.12 bits per heavy atom. The summed E-state index contributed by atoms with van der Waals surface area (Å²) in [6.07, 6.45) is 4.56. The minimum atomic E-state index is -0.776. The Morgan fingerprint density at radius 1 is 1.41 bits per heavy atom. The van der Waals surface area contributed by atoms with Crippen molar-refractivity contribution < 1.29 is 14.7 Å². The van der Waals surface area contributed by atoms with Crippen molar-refractivity contribution in [1.29, 1.82) is 0 Å². The number of aliphatic carboxylic acids is 1. The maximum Gasteiger partial charge on any atom is 0.308 e. The quantitative estimate of drug-likeness (QED) is 0.775. The zero-order valence-corrected chi connectivity index (χ0v) is 10.8. The first-order valence-corrected chi connectivity index (χ1v) is 6.61. The fraction of sp³-hybridized carbons (Fsp3) is 0.846. The largest absolute Gasteiger partial charge is 0.481 e. The van der Waals surface area contributed by atoms with Crippen LogP contribution >= 0.6 is 0 Å². The van der Waals surface area contributed by atoms with Gasteiger partial charge >= 0.3 is 5.97 Å². The third-order valence-corrected chi connectivity index (χ3v) is 3.60. The smallest absolute Gasteiger partial charge is 0.308 e. The molecule has 98 valence electrons. The number of hydrogen-bond donors (Lipinski definition) is 1. The highest BCUT2D eigenvalue weighted by atomic mass is 16.4. The van der Waals surface area contributed by atoms with Crippen LogP contribution in [0.15, 0.2) is 0 Å². The molecule has 0 aromatic carbocycles. The molecule has 0 saturated carbocycles. The molecule has 1 saturated heterocycles. The highest BCUT2D eigenvalue weighted by molar-refractivity contribution is 5.80. The number of unbranched alkanes of at least 4 members (excludes halogenated alkanes) is 1. The van der Waals surface area contributed by atoms with E-state index in [0.29, 0.717) is 19.5 Å². The number of hydrogen-bond acceptors (Lipinski definition) is 2. The monoisotopic (exact) mass is 241 g/mol. The molecule has 0 radical (unpaired) electrons. The molecule has 1 N–H and O–H groups in total. The first-order chi connectivity index (χ1) is 8.10. The second kappa shape index (κ2) is 6.62. The molecule has 0 bridgehead atoms. The Morgan fingerprint density at radius 3 is 2.59 bits per heavy atom. The van der Waals surface area contributed by atoms with E-state index in [0.717, 1.165) is 25.7 Å². The highest BCUT2D eigenvalue weighted by Gasteiger charge is 2.33. The molecule has 0 aromatic heterocycles. The maximum atomic E-state index is 12.2. The second-order valence-electron chi connectivity index (χ2n) is 4.86. The van der Waals surface area contributed by atoms with Crippen molar-refractivity contribution in [2.75, 3.05) is 13.1 Å². The molecule has 2 unspecified atom stereocenters. The molecule has 1 aliphatic heterocycles.